The van der Waals surface area contributed by atoms with Crippen molar-refractivity contribution in [3.63, 3.8) is 0 Å². The quantitative estimate of drug-likeness (QED) is 0.455. The third kappa shape index (κ3) is 6.19. The Bertz CT molecular complexity index is 840. The number of rotatable bonds is 8. The number of thiocarbonyl (C=S) groups is 1. The van der Waals surface area contributed by atoms with Crippen LogP contribution in [0.25, 0.3) is 0 Å². The summed E-state index contributed by atoms with van der Waals surface area (Å²) in [6.07, 6.45) is 3.08. The van der Waals surface area contributed by atoms with Crippen LogP contribution in [0.2, 0.25) is 0 Å². The van der Waals surface area contributed by atoms with Crippen LogP contribution in [0, 0.1) is 6.92 Å². The van der Waals surface area contributed by atoms with Crippen molar-refractivity contribution < 1.29 is 8.42 Å². The van der Waals surface area contributed by atoms with E-state index in [1.807, 2.05) is 12.1 Å². The van der Waals surface area contributed by atoms with Gasteiger partial charge in [-0.05, 0) is 67.4 Å². The normalized spacial score (nSPS) is 11.0. The van der Waals surface area contributed by atoms with Crippen LogP contribution < -0.4 is 15.4 Å². The molecule has 0 atom stereocenters. The van der Waals surface area contributed by atoms with E-state index in [0.29, 0.717) is 22.1 Å². The van der Waals surface area contributed by atoms with Crippen LogP contribution in [0.5, 0.6) is 0 Å². The van der Waals surface area contributed by atoms with Gasteiger partial charge < -0.3 is 10.6 Å². The van der Waals surface area contributed by atoms with Gasteiger partial charge in [0.2, 0.25) is 0 Å². The number of sulfonamides is 1. The Morgan fingerprint density at radius 3 is 2.54 bits per heavy atom. The van der Waals surface area contributed by atoms with Gasteiger partial charge in [0, 0.05) is 17.9 Å². The van der Waals surface area contributed by atoms with Crippen LogP contribution in [0.3, 0.4) is 0 Å². The minimum atomic E-state index is -3.68. The summed E-state index contributed by atoms with van der Waals surface area (Å²) in [5.41, 5.74) is 1.82. The van der Waals surface area contributed by atoms with E-state index in [1.165, 1.54) is 0 Å². The number of nitrogens with one attached hydrogen (secondary N) is 3. The molecule has 0 radical (unpaired) electrons. The van der Waals surface area contributed by atoms with Crippen molar-refractivity contribution in [2.45, 2.75) is 18.2 Å². The Morgan fingerprint density at radius 1 is 1.12 bits per heavy atom. The van der Waals surface area contributed by atoms with E-state index < -0.39 is 10.0 Å². The van der Waals surface area contributed by atoms with Crippen LogP contribution in [0.4, 0.5) is 11.4 Å². The highest BCUT2D eigenvalue weighted by Gasteiger charge is 2.17. The standard InChI is InChI=1S/C18H23N3O2S3/c1-14-9-10-16(20-18(24)19-11-6-12-25-2)13-17(14)26(22,23)21-15-7-4-3-5-8-15/h3-5,7-10,13,21H,6,11-12H2,1-2H3,(H2,19,20,24). The molecule has 0 fully saturated rings. The highest BCUT2D eigenvalue weighted by Crippen LogP contribution is 2.23. The first-order valence-corrected chi connectivity index (χ1v) is 11.4. The van der Waals surface area contributed by atoms with E-state index in [9.17, 15) is 8.42 Å². The molecule has 26 heavy (non-hydrogen) atoms. The first-order chi connectivity index (χ1) is 12.4. The lowest BCUT2D eigenvalue weighted by atomic mass is 10.2. The molecule has 0 bridgehead atoms. The molecule has 3 N–H and O–H groups in total. The van der Waals surface area contributed by atoms with Gasteiger partial charge in [-0.2, -0.15) is 11.8 Å². The lowest BCUT2D eigenvalue weighted by Crippen LogP contribution is -2.29. The van der Waals surface area contributed by atoms with Gasteiger partial charge in [-0.1, -0.05) is 24.3 Å². The molecule has 0 aliphatic rings. The summed E-state index contributed by atoms with van der Waals surface area (Å²) in [6, 6.07) is 14.0. The monoisotopic (exact) mass is 409 g/mol. The van der Waals surface area contributed by atoms with Crippen molar-refractivity contribution >= 4 is 50.5 Å². The summed E-state index contributed by atoms with van der Waals surface area (Å²) < 4.78 is 28.0. The highest BCUT2D eigenvalue weighted by atomic mass is 32.2. The van der Waals surface area contributed by atoms with Gasteiger partial charge >= 0.3 is 0 Å². The van der Waals surface area contributed by atoms with Crippen LogP contribution in [-0.4, -0.2) is 32.1 Å². The molecule has 0 saturated heterocycles. The lowest BCUT2D eigenvalue weighted by Gasteiger charge is -2.14. The average molecular weight is 410 g/mol. The predicted octanol–water partition coefficient (Wildman–Crippen LogP) is 3.84. The fourth-order valence-corrected chi connectivity index (χ4v) is 4.26. The molecule has 2 rings (SSSR count). The Kier molecular flexibility index (Phi) is 7.74. The Balaban J connectivity index is 2.10. The molecule has 0 unspecified atom stereocenters. The second-order valence-corrected chi connectivity index (χ2v) is 8.72. The van der Waals surface area contributed by atoms with E-state index >= 15 is 0 Å². The van der Waals surface area contributed by atoms with Crippen LogP contribution in [0.15, 0.2) is 53.4 Å². The van der Waals surface area contributed by atoms with Gasteiger partial charge in [-0.15, -0.1) is 0 Å². The lowest BCUT2D eigenvalue weighted by molar-refractivity contribution is 0.600. The number of benzene rings is 2. The molecule has 0 saturated carbocycles. The summed E-state index contributed by atoms with van der Waals surface area (Å²) in [7, 11) is -3.68. The molecule has 2 aromatic rings. The van der Waals surface area contributed by atoms with Crippen molar-refractivity contribution in [1.29, 1.82) is 0 Å². The molecule has 0 heterocycles. The maximum atomic E-state index is 12.7. The molecule has 0 aromatic heterocycles. The zero-order valence-corrected chi connectivity index (χ0v) is 17.2. The third-order valence-electron chi connectivity index (χ3n) is 3.57. The molecule has 2 aromatic carbocycles. The number of anilines is 2. The SMILES string of the molecule is CSCCCNC(=S)Nc1ccc(C)c(S(=O)(=O)Nc2ccccc2)c1. The van der Waals surface area contributed by atoms with E-state index in [0.717, 1.165) is 18.7 Å². The van der Waals surface area contributed by atoms with E-state index in [-0.39, 0.29) is 4.90 Å². The zero-order chi connectivity index (χ0) is 19.0. The van der Waals surface area contributed by atoms with Crippen LogP contribution in [-0.2, 0) is 10.0 Å². The smallest absolute Gasteiger partial charge is 0.262 e. The topological polar surface area (TPSA) is 70.2 Å². The minimum absolute atomic E-state index is 0.219. The molecular formula is C18H23N3O2S3. The van der Waals surface area contributed by atoms with Gasteiger partial charge in [0.25, 0.3) is 10.0 Å². The number of hydrogen-bond donors (Lipinski definition) is 3. The van der Waals surface area contributed by atoms with Crippen molar-refractivity contribution in [3.8, 4) is 0 Å². The maximum Gasteiger partial charge on any atom is 0.262 e. The van der Waals surface area contributed by atoms with Gasteiger partial charge in [0.1, 0.15) is 0 Å². The Labute approximate surface area is 165 Å². The van der Waals surface area contributed by atoms with Crippen LogP contribution >= 0.6 is 24.0 Å². The molecule has 8 heteroatoms. The van der Waals surface area contributed by atoms with Crippen molar-refractivity contribution in [1.82, 2.24) is 5.32 Å². The highest BCUT2D eigenvalue weighted by molar-refractivity contribution is 7.98. The first-order valence-electron chi connectivity index (χ1n) is 8.14. The first kappa shape index (κ1) is 20.5. The third-order valence-corrected chi connectivity index (χ3v) is 6.04. The van der Waals surface area contributed by atoms with Crippen molar-refractivity contribution in [2.24, 2.45) is 0 Å². The van der Waals surface area contributed by atoms with E-state index in [1.54, 1.807) is 55.1 Å². The largest absolute Gasteiger partial charge is 0.362 e. The van der Waals surface area contributed by atoms with Gasteiger partial charge in [0.15, 0.2) is 5.11 Å². The van der Waals surface area contributed by atoms with Crippen molar-refractivity contribution in [2.75, 3.05) is 28.6 Å². The summed E-state index contributed by atoms with van der Waals surface area (Å²) in [5, 5.41) is 6.65. The number of thioether (sulfide) groups is 1. The fraction of sp³-hybridized carbons (Fsp3) is 0.278. The second kappa shape index (κ2) is 9.80. The molecule has 140 valence electrons. The minimum Gasteiger partial charge on any atom is -0.362 e. The average Bonchev–Trinajstić information content (AvgIpc) is 2.61. The summed E-state index contributed by atoms with van der Waals surface area (Å²) in [4.78, 5) is 0.219. The zero-order valence-electron chi connectivity index (χ0n) is 14.8. The van der Waals surface area contributed by atoms with Crippen molar-refractivity contribution in [3.05, 3.63) is 54.1 Å². The van der Waals surface area contributed by atoms with Gasteiger partial charge in [-0.3, -0.25) is 4.72 Å². The van der Waals surface area contributed by atoms with E-state index in [2.05, 4.69) is 21.6 Å². The molecule has 5 nitrogen and oxygen atoms in total. The molecule has 0 amide bonds. The van der Waals surface area contributed by atoms with Crippen LogP contribution in [0.1, 0.15) is 12.0 Å². The Morgan fingerprint density at radius 2 is 1.85 bits per heavy atom. The molecule has 0 spiro atoms. The summed E-state index contributed by atoms with van der Waals surface area (Å²) in [5.74, 6) is 1.06. The van der Waals surface area contributed by atoms with Gasteiger partial charge in [-0.25, -0.2) is 8.42 Å². The summed E-state index contributed by atoms with van der Waals surface area (Å²) in [6.45, 7) is 2.54. The van der Waals surface area contributed by atoms with E-state index in [4.69, 9.17) is 12.2 Å². The predicted molar refractivity (Wildman–Crippen MR) is 116 cm³/mol. The number of para-hydroxylation sites is 1. The fourth-order valence-electron chi connectivity index (χ4n) is 2.28. The number of aryl methyl sites for hydroxylation is 1. The molecular weight excluding hydrogens is 386 g/mol. The maximum absolute atomic E-state index is 12.7. The molecule has 0 aliphatic heterocycles. The second-order valence-electron chi connectivity index (χ2n) is 5.68. The number of hydrogen-bond acceptors (Lipinski definition) is 4. The summed E-state index contributed by atoms with van der Waals surface area (Å²) >= 11 is 7.05. The molecule has 0 aliphatic carbocycles. The van der Waals surface area contributed by atoms with Gasteiger partial charge in [0.05, 0.1) is 4.90 Å². The Hall–Kier alpha value is -1.77.